The second-order valence-corrected chi connectivity index (χ2v) is 10.5. The van der Waals surface area contributed by atoms with Crippen LogP contribution >= 0.6 is 47.0 Å². The standard InChI is InChI=1S/C12H22S4/c1-2-6-12(15-10-5-11-16-12)14-9-4-8-13-7-3-1/h1-11H2. The van der Waals surface area contributed by atoms with Gasteiger partial charge in [0, 0.05) is 0 Å². The van der Waals surface area contributed by atoms with Crippen LogP contribution in [0.5, 0.6) is 0 Å². The summed E-state index contributed by atoms with van der Waals surface area (Å²) < 4.78 is 0.549. The van der Waals surface area contributed by atoms with E-state index in [1.165, 1.54) is 67.3 Å². The van der Waals surface area contributed by atoms with Crippen LogP contribution in [0.4, 0.5) is 0 Å². The van der Waals surface area contributed by atoms with E-state index >= 15 is 0 Å². The van der Waals surface area contributed by atoms with Crippen LogP contribution in [0.15, 0.2) is 0 Å². The Morgan fingerprint density at radius 1 is 0.562 bits per heavy atom. The van der Waals surface area contributed by atoms with Crippen molar-refractivity contribution < 1.29 is 0 Å². The first-order valence-electron chi connectivity index (χ1n) is 6.41. The molecule has 0 unspecified atom stereocenters. The van der Waals surface area contributed by atoms with Gasteiger partial charge in [0.15, 0.2) is 0 Å². The van der Waals surface area contributed by atoms with Crippen molar-refractivity contribution in [1.82, 2.24) is 0 Å². The molecule has 16 heavy (non-hydrogen) atoms. The van der Waals surface area contributed by atoms with Crippen molar-refractivity contribution in [2.75, 3.05) is 28.8 Å². The molecule has 0 aromatic carbocycles. The topological polar surface area (TPSA) is 0 Å². The quantitative estimate of drug-likeness (QED) is 0.620. The molecule has 0 radical (unpaired) electrons. The van der Waals surface area contributed by atoms with Gasteiger partial charge in [-0.05, 0) is 54.4 Å². The molecule has 2 saturated heterocycles. The summed E-state index contributed by atoms with van der Waals surface area (Å²) in [5.41, 5.74) is 0. The summed E-state index contributed by atoms with van der Waals surface area (Å²) in [4.78, 5) is 0. The van der Waals surface area contributed by atoms with Gasteiger partial charge >= 0.3 is 0 Å². The van der Waals surface area contributed by atoms with E-state index in [1.807, 2.05) is 0 Å². The third-order valence-electron chi connectivity index (χ3n) is 2.96. The maximum Gasteiger partial charge on any atom is 0.106 e. The third-order valence-corrected chi connectivity index (χ3v) is 9.65. The summed E-state index contributed by atoms with van der Waals surface area (Å²) in [7, 11) is 0. The van der Waals surface area contributed by atoms with Gasteiger partial charge in [-0.15, -0.1) is 35.3 Å². The van der Waals surface area contributed by atoms with E-state index in [1.54, 1.807) is 0 Å². The fourth-order valence-corrected chi connectivity index (χ4v) is 8.56. The van der Waals surface area contributed by atoms with Crippen molar-refractivity contribution in [2.24, 2.45) is 0 Å². The van der Waals surface area contributed by atoms with Gasteiger partial charge in [-0.3, -0.25) is 0 Å². The average molecular weight is 295 g/mol. The molecule has 0 bridgehead atoms. The molecular weight excluding hydrogens is 272 g/mol. The molecule has 2 heterocycles. The summed E-state index contributed by atoms with van der Waals surface area (Å²) in [6, 6.07) is 0. The van der Waals surface area contributed by atoms with Crippen LogP contribution in [0.3, 0.4) is 0 Å². The SMILES string of the molecule is C1CCSCCCSC2(CC1)SCCCS2. The van der Waals surface area contributed by atoms with Gasteiger partial charge in [-0.2, -0.15) is 11.8 Å². The van der Waals surface area contributed by atoms with Crippen LogP contribution in [0.1, 0.15) is 38.5 Å². The zero-order valence-electron chi connectivity index (χ0n) is 9.91. The van der Waals surface area contributed by atoms with E-state index in [0.29, 0.717) is 3.41 Å². The van der Waals surface area contributed by atoms with Crippen LogP contribution in [0.2, 0.25) is 0 Å². The molecule has 2 rings (SSSR count). The molecule has 0 aromatic rings. The maximum absolute atomic E-state index is 2.27. The fourth-order valence-electron chi connectivity index (χ4n) is 2.07. The Morgan fingerprint density at radius 3 is 1.94 bits per heavy atom. The summed E-state index contributed by atoms with van der Waals surface area (Å²) in [6.45, 7) is 0. The van der Waals surface area contributed by atoms with Crippen molar-refractivity contribution in [3.63, 3.8) is 0 Å². The van der Waals surface area contributed by atoms with Crippen molar-refractivity contribution >= 4 is 47.0 Å². The Hall–Kier alpha value is 1.40. The molecule has 1 spiro atoms. The maximum atomic E-state index is 2.27. The lowest BCUT2D eigenvalue weighted by molar-refractivity contribution is 0.688. The first kappa shape index (κ1) is 13.8. The van der Waals surface area contributed by atoms with Crippen LogP contribution in [-0.2, 0) is 0 Å². The zero-order chi connectivity index (χ0) is 11.1. The first-order valence-corrected chi connectivity index (χ1v) is 10.5. The van der Waals surface area contributed by atoms with Gasteiger partial charge in [0.1, 0.15) is 3.41 Å². The molecule has 2 fully saturated rings. The zero-order valence-corrected chi connectivity index (χ0v) is 13.2. The Bertz CT molecular complexity index is 175. The number of hydrogen-bond acceptors (Lipinski definition) is 4. The molecule has 2 aliphatic heterocycles. The van der Waals surface area contributed by atoms with Gasteiger partial charge < -0.3 is 0 Å². The molecule has 0 aliphatic carbocycles. The highest BCUT2D eigenvalue weighted by molar-refractivity contribution is 8.34. The smallest absolute Gasteiger partial charge is 0.106 e. The third kappa shape index (κ3) is 4.58. The second-order valence-electron chi connectivity index (χ2n) is 4.36. The highest BCUT2D eigenvalue weighted by Gasteiger charge is 2.33. The van der Waals surface area contributed by atoms with Crippen molar-refractivity contribution in [2.45, 2.75) is 41.9 Å². The van der Waals surface area contributed by atoms with Gasteiger partial charge in [-0.1, -0.05) is 12.8 Å². The molecule has 0 atom stereocenters. The molecule has 0 amide bonds. The highest BCUT2D eigenvalue weighted by atomic mass is 32.3. The van der Waals surface area contributed by atoms with E-state index < -0.39 is 0 Å². The molecule has 0 aromatic heterocycles. The lowest BCUT2D eigenvalue weighted by Gasteiger charge is -2.35. The van der Waals surface area contributed by atoms with Crippen molar-refractivity contribution in [3.8, 4) is 0 Å². The average Bonchev–Trinajstić information content (AvgIpc) is 2.37. The fraction of sp³-hybridized carbons (Fsp3) is 1.00. The van der Waals surface area contributed by atoms with Gasteiger partial charge in [0.25, 0.3) is 0 Å². The van der Waals surface area contributed by atoms with Crippen LogP contribution in [-0.4, -0.2) is 32.2 Å². The van der Waals surface area contributed by atoms with Crippen LogP contribution in [0.25, 0.3) is 0 Å². The highest BCUT2D eigenvalue weighted by Crippen LogP contribution is 2.53. The van der Waals surface area contributed by atoms with Crippen molar-refractivity contribution in [1.29, 1.82) is 0 Å². The monoisotopic (exact) mass is 294 g/mol. The van der Waals surface area contributed by atoms with Crippen LogP contribution in [0, 0.1) is 0 Å². The van der Waals surface area contributed by atoms with E-state index in [-0.39, 0.29) is 0 Å². The minimum absolute atomic E-state index is 0.549. The summed E-state index contributed by atoms with van der Waals surface area (Å²) in [6.07, 6.45) is 8.63. The predicted octanol–water partition coefficient (Wildman–Crippen LogP) is 4.94. The lowest BCUT2D eigenvalue weighted by Crippen LogP contribution is -2.21. The molecule has 2 aliphatic rings. The molecule has 0 nitrogen and oxygen atoms in total. The van der Waals surface area contributed by atoms with Gasteiger partial charge in [0.2, 0.25) is 0 Å². The number of rotatable bonds is 0. The van der Waals surface area contributed by atoms with E-state index in [4.69, 9.17) is 0 Å². The number of hydrogen-bond donors (Lipinski definition) is 0. The lowest BCUT2D eigenvalue weighted by atomic mass is 10.2. The molecule has 94 valence electrons. The summed E-state index contributed by atoms with van der Waals surface area (Å²) in [5.74, 6) is 6.97. The minimum atomic E-state index is 0.549. The summed E-state index contributed by atoms with van der Waals surface area (Å²) >= 11 is 8.94. The Morgan fingerprint density at radius 2 is 1.19 bits per heavy atom. The largest absolute Gasteiger partial charge is 0.162 e. The van der Waals surface area contributed by atoms with E-state index in [2.05, 4.69) is 47.0 Å². The Labute approximate surface area is 117 Å². The molecule has 0 saturated carbocycles. The Balaban J connectivity index is 1.86. The van der Waals surface area contributed by atoms with E-state index in [0.717, 1.165) is 0 Å². The Kier molecular flexibility index (Phi) is 6.70. The minimum Gasteiger partial charge on any atom is -0.162 e. The molecule has 4 heteroatoms. The van der Waals surface area contributed by atoms with Gasteiger partial charge in [-0.25, -0.2) is 0 Å². The number of thioether (sulfide) groups is 4. The molecular formula is C12H22S4. The van der Waals surface area contributed by atoms with Gasteiger partial charge in [0.05, 0.1) is 0 Å². The molecule has 0 N–H and O–H groups in total. The summed E-state index contributed by atoms with van der Waals surface area (Å²) in [5, 5.41) is 0. The predicted molar refractivity (Wildman–Crippen MR) is 85.1 cm³/mol. The van der Waals surface area contributed by atoms with Crippen molar-refractivity contribution in [3.05, 3.63) is 0 Å². The van der Waals surface area contributed by atoms with Crippen LogP contribution < -0.4 is 0 Å². The second kappa shape index (κ2) is 7.75. The first-order chi connectivity index (χ1) is 7.91. The van der Waals surface area contributed by atoms with E-state index in [9.17, 15) is 0 Å². The normalized spacial score (nSPS) is 28.5.